The van der Waals surface area contributed by atoms with Crippen LogP contribution in [0.25, 0.3) is 0 Å². The van der Waals surface area contributed by atoms with Gasteiger partial charge in [0.2, 0.25) is 0 Å². The average Bonchev–Trinajstić information content (AvgIpc) is 2.45. The van der Waals surface area contributed by atoms with E-state index in [0.717, 1.165) is 19.2 Å². The van der Waals surface area contributed by atoms with Gasteiger partial charge in [0.25, 0.3) is 0 Å². The zero-order valence-corrected chi connectivity index (χ0v) is 12.3. The van der Waals surface area contributed by atoms with Crippen molar-refractivity contribution in [2.24, 2.45) is 5.41 Å². The van der Waals surface area contributed by atoms with Crippen LogP contribution in [0.3, 0.4) is 0 Å². The highest BCUT2D eigenvalue weighted by Crippen LogP contribution is 2.40. The second-order valence-electron chi connectivity index (χ2n) is 6.13. The third kappa shape index (κ3) is 3.39. The van der Waals surface area contributed by atoms with Gasteiger partial charge in [0.15, 0.2) is 11.6 Å². The molecule has 2 N–H and O–H groups in total. The predicted molar refractivity (Wildman–Crippen MR) is 74.4 cm³/mol. The third-order valence-electron chi connectivity index (χ3n) is 3.98. The maximum atomic E-state index is 14.2. The van der Waals surface area contributed by atoms with Crippen LogP contribution >= 0.6 is 0 Å². The van der Waals surface area contributed by atoms with Crippen LogP contribution in [0.5, 0.6) is 0 Å². The Morgan fingerprint density at radius 1 is 1.24 bits per heavy atom. The molecule has 118 valence electrons. The predicted octanol–water partition coefficient (Wildman–Crippen LogP) is 2.07. The minimum Gasteiger partial charge on any atom is -0.396 e. The molecule has 0 bridgehead atoms. The zero-order valence-electron chi connectivity index (χ0n) is 12.3. The Morgan fingerprint density at radius 3 is 2.43 bits per heavy atom. The molecule has 0 radical (unpaired) electrons. The topological polar surface area (TPSA) is 35.5 Å². The Bertz CT molecular complexity index is 502. The number of aliphatic hydroxyl groups excluding tert-OH is 1. The van der Waals surface area contributed by atoms with Crippen LogP contribution in [0, 0.1) is 22.9 Å². The minimum absolute atomic E-state index is 0.0338. The van der Waals surface area contributed by atoms with Crippen molar-refractivity contribution in [3.05, 3.63) is 35.1 Å². The summed E-state index contributed by atoms with van der Waals surface area (Å²) in [6.45, 7) is 6.02. The van der Waals surface area contributed by atoms with Gasteiger partial charge in [-0.25, -0.2) is 13.2 Å². The lowest BCUT2D eigenvalue weighted by molar-refractivity contribution is 0.0281. The first kappa shape index (κ1) is 16.3. The Hall–Kier alpha value is -1.11. The van der Waals surface area contributed by atoms with Crippen molar-refractivity contribution in [1.82, 2.24) is 10.2 Å². The highest BCUT2D eigenvalue weighted by atomic mass is 19.2. The van der Waals surface area contributed by atoms with Gasteiger partial charge in [0, 0.05) is 55.9 Å². The van der Waals surface area contributed by atoms with E-state index < -0.39 is 28.9 Å². The van der Waals surface area contributed by atoms with Crippen LogP contribution in [-0.2, 0) is 0 Å². The largest absolute Gasteiger partial charge is 0.396 e. The van der Waals surface area contributed by atoms with Gasteiger partial charge in [-0.1, -0.05) is 13.8 Å². The van der Waals surface area contributed by atoms with Crippen LogP contribution < -0.4 is 5.32 Å². The molecule has 21 heavy (non-hydrogen) atoms. The molecule has 3 nitrogen and oxygen atoms in total. The number of rotatable bonds is 4. The van der Waals surface area contributed by atoms with Crippen molar-refractivity contribution in [3.63, 3.8) is 0 Å². The normalized spacial score (nSPS) is 18.8. The van der Waals surface area contributed by atoms with Gasteiger partial charge in [0.1, 0.15) is 5.82 Å². The lowest BCUT2D eigenvalue weighted by Crippen LogP contribution is -2.49. The van der Waals surface area contributed by atoms with Gasteiger partial charge >= 0.3 is 0 Å². The summed E-state index contributed by atoms with van der Waals surface area (Å²) >= 11 is 0. The molecule has 0 amide bonds. The maximum absolute atomic E-state index is 14.2. The van der Waals surface area contributed by atoms with Gasteiger partial charge in [-0.05, 0) is 6.07 Å². The monoisotopic (exact) mass is 302 g/mol. The first-order chi connectivity index (χ1) is 9.86. The molecule has 1 aliphatic rings. The molecular formula is C15H21F3N2O. The second kappa shape index (κ2) is 6.34. The summed E-state index contributed by atoms with van der Waals surface area (Å²) in [7, 11) is 0. The lowest BCUT2D eigenvalue weighted by atomic mass is 9.79. The standard InChI is InChI=1S/C15H21F3N2O/c1-15(2,9-21)14(20-5-3-19-4-6-20)11-7-10(16)8-12(17)13(11)18/h7-8,14,19,21H,3-6,9H2,1-2H3/t14-/m1/s1. The number of hydrogen-bond acceptors (Lipinski definition) is 3. The molecule has 1 atom stereocenters. The van der Waals surface area contributed by atoms with Gasteiger partial charge < -0.3 is 10.4 Å². The molecule has 1 saturated heterocycles. The lowest BCUT2D eigenvalue weighted by Gasteiger charge is -2.43. The van der Waals surface area contributed by atoms with Gasteiger partial charge in [-0.3, -0.25) is 4.90 Å². The number of halogens is 3. The van der Waals surface area contributed by atoms with E-state index in [4.69, 9.17) is 0 Å². The molecule has 1 aromatic rings. The van der Waals surface area contributed by atoms with E-state index in [1.54, 1.807) is 13.8 Å². The van der Waals surface area contributed by atoms with Crippen molar-refractivity contribution in [2.45, 2.75) is 19.9 Å². The number of hydrogen-bond donors (Lipinski definition) is 2. The van der Waals surface area contributed by atoms with Crippen LogP contribution in [-0.4, -0.2) is 42.8 Å². The smallest absolute Gasteiger partial charge is 0.163 e. The van der Waals surface area contributed by atoms with E-state index in [9.17, 15) is 18.3 Å². The van der Waals surface area contributed by atoms with E-state index in [2.05, 4.69) is 5.32 Å². The zero-order chi connectivity index (χ0) is 15.6. The van der Waals surface area contributed by atoms with Crippen molar-refractivity contribution in [2.75, 3.05) is 32.8 Å². The SMILES string of the molecule is CC(C)(CO)[C@@H](c1cc(F)cc(F)c1F)N1CCNCC1. The Morgan fingerprint density at radius 2 is 1.86 bits per heavy atom. The van der Waals surface area contributed by atoms with E-state index in [1.807, 2.05) is 4.90 Å². The van der Waals surface area contributed by atoms with E-state index in [0.29, 0.717) is 19.2 Å². The number of nitrogens with zero attached hydrogens (tertiary/aromatic N) is 1. The number of benzene rings is 1. The Balaban J connectivity index is 2.49. The highest BCUT2D eigenvalue weighted by Gasteiger charge is 2.38. The van der Waals surface area contributed by atoms with E-state index in [1.165, 1.54) is 0 Å². The molecule has 0 spiro atoms. The number of piperazine rings is 1. The Labute approximate surface area is 122 Å². The number of aliphatic hydroxyl groups is 1. The quantitative estimate of drug-likeness (QED) is 0.836. The fourth-order valence-electron chi connectivity index (χ4n) is 2.91. The molecular weight excluding hydrogens is 281 g/mol. The fraction of sp³-hybridized carbons (Fsp3) is 0.600. The summed E-state index contributed by atoms with van der Waals surface area (Å²) in [6, 6.07) is 0.983. The van der Waals surface area contributed by atoms with Crippen molar-refractivity contribution >= 4 is 0 Å². The molecule has 2 rings (SSSR count). The number of nitrogens with one attached hydrogen (secondary N) is 1. The summed E-state index contributed by atoms with van der Waals surface area (Å²) in [5.74, 6) is -3.04. The molecule has 1 heterocycles. The summed E-state index contributed by atoms with van der Waals surface area (Å²) in [5.41, 5.74) is -0.758. The van der Waals surface area contributed by atoms with Crippen molar-refractivity contribution < 1.29 is 18.3 Å². The van der Waals surface area contributed by atoms with Crippen molar-refractivity contribution in [1.29, 1.82) is 0 Å². The molecule has 0 aliphatic carbocycles. The molecule has 6 heteroatoms. The second-order valence-corrected chi connectivity index (χ2v) is 6.13. The molecule has 1 aliphatic heterocycles. The van der Waals surface area contributed by atoms with Crippen LogP contribution in [0.2, 0.25) is 0 Å². The third-order valence-corrected chi connectivity index (χ3v) is 3.98. The van der Waals surface area contributed by atoms with Crippen LogP contribution in [0.1, 0.15) is 25.5 Å². The molecule has 0 saturated carbocycles. The molecule has 0 unspecified atom stereocenters. The highest BCUT2D eigenvalue weighted by molar-refractivity contribution is 5.26. The van der Waals surface area contributed by atoms with Crippen LogP contribution in [0.15, 0.2) is 12.1 Å². The average molecular weight is 302 g/mol. The molecule has 1 fully saturated rings. The summed E-state index contributed by atoms with van der Waals surface area (Å²) in [6.07, 6.45) is 0. The summed E-state index contributed by atoms with van der Waals surface area (Å²) < 4.78 is 41.3. The minimum atomic E-state index is -1.20. The van der Waals surface area contributed by atoms with Crippen LogP contribution in [0.4, 0.5) is 13.2 Å². The first-order valence-corrected chi connectivity index (χ1v) is 7.07. The Kier molecular flexibility index (Phi) is 4.91. The van der Waals surface area contributed by atoms with Gasteiger partial charge in [-0.15, -0.1) is 0 Å². The first-order valence-electron chi connectivity index (χ1n) is 7.07. The molecule has 1 aromatic carbocycles. The maximum Gasteiger partial charge on any atom is 0.163 e. The van der Waals surface area contributed by atoms with Gasteiger partial charge in [-0.2, -0.15) is 0 Å². The summed E-state index contributed by atoms with van der Waals surface area (Å²) in [5, 5.41) is 12.8. The van der Waals surface area contributed by atoms with Crippen molar-refractivity contribution in [3.8, 4) is 0 Å². The molecule has 0 aromatic heterocycles. The van der Waals surface area contributed by atoms with Gasteiger partial charge in [0.05, 0.1) is 0 Å². The fourth-order valence-corrected chi connectivity index (χ4v) is 2.91. The summed E-state index contributed by atoms with van der Waals surface area (Å²) in [4.78, 5) is 1.96. The van der Waals surface area contributed by atoms with E-state index in [-0.39, 0.29) is 12.2 Å². The van der Waals surface area contributed by atoms with E-state index >= 15 is 0 Å².